The van der Waals surface area contributed by atoms with Crippen molar-refractivity contribution in [2.45, 2.75) is 136 Å². The minimum atomic E-state index is -2.35. The lowest BCUT2D eigenvalue weighted by Crippen LogP contribution is -2.56. The quantitative estimate of drug-likeness (QED) is 0.0610. The molecule has 0 saturated heterocycles. The topological polar surface area (TPSA) is 74.2 Å². The molecule has 0 aromatic heterocycles. The van der Waals surface area contributed by atoms with Gasteiger partial charge in [0.05, 0.1) is 6.61 Å². The zero-order chi connectivity index (χ0) is 27.9. The Balaban J connectivity index is 4.38. The normalized spacial score (nSPS) is 13.2. The van der Waals surface area contributed by atoms with Crippen molar-refractivity contribution in [3.8, 4) is 0 Å². The summed E-state index contributed by atoms with van der Waals surface area (Å²) in [6.45, 7) is 23.7. The molecule has 0 atom stereocenters. The van der Waals surface area contributed by atoms with E-state index in [2.05, 4.69) is 59.0 Å². The predicted octanol–water partition coefficient (Wildman–Crippen LogP) is 7.86. The molecular formula is C26H58O6Si4. The van der Waals surface area contributed by atoms with Crippen molar-refractivity contribution in [1.82, 2.24) is 0 Å². The van der Waals surface area contributed by atoms with E-state index in [9.17, 15) is 4.79 Å². The molecule has 0 aliphatic rings. The molecule has 0 saturated carbocycles. The molecule has 0 rings (SSSR count). The van der Waals surface area contributed by atoms with Gasteiger partial charge in [-0.25, -0.2) is 4.79 Å². The summed E-state index contributed by atoms with van der Waals surface area (Å²) >= 11 is 0. The Kier molecular flexibility index (Phi) is 17.5. The third kappa shape index (κ3) is 20.0. The maximum atomic E-state index is 11.6. The average molecular weight is 579 g/mol. The number of hydrogen-bond acceptors (Lipinski definition) is 6. The van der Waals surface area contributed by atoms with Gasteiger partial charge >= 0.3 is 23.1 Å². The first-order valence-corrected chi connectivity index (χ1v) is 25.9. The second kappa shape index (κ2) is 17.5. The standard InChI is InChI=1S/C26H58O6Si4/c1-25(2)26(28)29-22-20-24-34(5,6)31-36(9,10)32-35(7,8)30-33(3,4)23-19-17-15-13-11-12-14-16-18-21-27/h27H,1,11-24H2,2-10H3. The van der Waals surface area contributed by atoms with Gasteiger partial charge in [0.1, 0.15) is 0 Å². The van der Waals surface area contributed by atoms with Crippen LogP contribution in [0, 0.1) is 0 Å². The number of aliphatic hydroxyl groups is 1. The maximum absolute atomic E-state index is 11.6. The van der Waals surface area contributed by atoms with Crippen molar-refractivity contribution in [1.29, 1.82) is 0 Å². The van der Waals surface area contributed by atoms with E-state index in [1.807, 2.05) is 0 Å². The molecule has 0 bridgehead atoms. The average Bonchev–Trinajstić information content (AvgIpc) is 2.69. The summed E-state index contributed by atoms with van der Waals surface area (Å²) in [5, 5.41) is 8.84. The third-order valence-corrected chi connectivity index (χ3v) is 21.4. The van der Waals surface area contributed by atoms with Gasteiger partial charge in [-0.2, -0.15) is 0 Å². The van der Waals surface area contributed by atoms with Crippen molar-refractivity contribution in [3.63, 3.8) is 0 Å². The molecule has 0 aliphatic carbocycles. The van der Waals surface area contributed by atoms with Crippen LogP contribution in [0.1, 0.15) is 71.1 Å². The Morgan fingerprint density at radius 1 is 0.639 bits per heavy atom. The molecule has 10 heteroatoms. The van der Waals surface area contributed by atoms with Crippen LogP contribution >= 0.6 is 0 Å². The summed E-state index contributed by atoms with van der Waals surface area (Å²) in [7, 11) is -8.42. The van der Waals surface area contributed by atoms with E-state index < -0.39 is 33.8 Å². The molecule has 1 N–H and O–H groups in total. The van der Waals surface area contributed by atoms with Crippen molar-refractivity contribution >= 4 is 39.7 Å². The van der Waals surface area contributed by atoms with Gasteiger partial charge in [0.2, 0.25) is 0 Å². The third-order valence-electron chi connectivity index (χ3n) is 5.98. The molecular weight excluding hydrogens is 521 g/mol. The van der Waals surface area contributed by atoms with Crippen LogP contribution < -0.4 is 0 Å². The molecule has 0 radical (unpaired) electrons. The number of unbranched alkanes of at least 4 members (excludes halogenated alkanes) is 8. The van der Waals surface area contributed by atoms with Crippen LogP contribution in [0.25, 0.3) is 0 Å². The fourth-order valence-electron chi connectivity index (χ4n) is 4.75. The van der Waals surface area contributed by atoms with E-state index in [0.717, 1.165) is 25.3 Å². The van der Waals surface area contributed by atoms with E-state index in [1.54, 1.807) is 6.92 Å². The van der Waals surface area contributed by atoms with Gasteiger partial charge in [-0.15, -0.1) is 0 Å². The highest BCUT2D eigenvalue weighted by molar-refractivity contribution is 6.89. The van der Waals surface area contributed by atoms with E-state index in [0.29, 0.717) is 18.8 Å². The second-order valence-corrected chi connectivity index (χ2v) is 28.4. The molecule has 36 heavy (non-hydrogen) atoms. The molecule has 6 nitrogen and oxygen atoms in total. The first kappa shape index (κ1) is 35.9. The molecule has 0 fully saturated rings. The second-order valence-electron chi connectivity index (χ2n) is 12.3. The summed E-state index contributed by atoms with van der Waals surface area (Å²) < 4.78 is 25.3. The molecule has 214 valence electrons. The Morgan fingerprint density at radius 3 is 1.44 bits per heavy atom. The first-order chi connectivity index (χ1) is 16.5. The summed E-state index contributed by atoms with van der Waals surface area (Å²) in [4.78, 5) is 11.6. The lowest BCUT2D eigenvalue weighted by Gasteiger charge is -2.41. The van der Waals surface area contributed by atoms with E-state index in [-0.39, 0.29) is 5.97 Å². The Labute approximate surface area is 227 Å². The summed E-state index contributed by atoms with van der Waals surface area (Å²) in [5.41, 5.74) is 0.435. The Hall–Kier alpha value is -0.0825. The highest BCUT2D eigenvalue weighted by atomic mass is 28.5. The minimum absolute atomic E-state index is 0.324. The number of rotatable bonds is 22. The summed E-state index contributed by atoms with van der Waals surface area (Å²) in [6, 6.07) is 2.09. The zero-order valence-corrected chi connectivity index (χ0v) is 29.1. The number of carbonyl (C=O) groups excluding carboxylic acids is 1. The molecule has 0 aliphatic heterocycles. The lowest BCUT2D eigenvalue weighted by atomic mass is 10.1. The van der Waals surface area contributed by atoms with Crippen molar-refractivity contribution in [2.24, 2.45) is 0 Å². The number of ether oxygens (including phenoxy) is 1. The molecule has 0 spiro atoms. The van der Waals surface area contributed by atoms with E-state index in [4.69, 9.17) is 22.2 Å². The summed E-state index contributed by atoms with van der Waals surface area (Å²) in [5.74, 6) is -0.324. The van der Waals surface area contributed by atoms with Gasteiger partial charge in [0.25, 0.3) is 0 Å². The van der Waals surface area contributed by atoms with Gasteiger partial charge in [-0.1, -0.05) is 57.9 Å². The SMILES string of the molecule is C=C(C)C(=O)OCCC[Si](C)(C)O[Si](C)(C)O[Si](C)(C)O[Si](C)(C)CCCCCCCCCCCO. The zero-order valence-electron chi connectivity index (χ0n) is 25.1. The lowest BCUT2D eigenvalue weighted by molar-refractivity contribution is -0.138. The van der Waals surface area contributed by atoms with Gasteiger partial charge < -0.3 is 22.2 Å². The maximum Gasteiger partial charge on any atom is 0.333 e. The predicted molar refractivity (Wildman–Crippen MR) is 162 cm³/mol. The van der Waals surface area contributed by atoms with Crippen LogP contribution in [0.3, 0.4) is 0 Å². The van der Waals surface area contributed by atoms with Crippen molar-refractivity contribution in [3.05, 3.63) is 12.2 Å². The van der Waals surface area contributed by atoms with Crippen LogP contribution in [0.4, 0.5) is 0 Å². The van der Waals surface area contributed by atoms with Gasteiger partial charge in [0, 0.05) is 12.2 Å². The van der Waals surface area contributed by atoms with E-state index in [1.165, 1.54) is 51.0 Å². The molecule has 0 heterocycles. The highest BCUT2D eigenvalue weighted by Crippen LogP contribution is 2.28. The van der Waals surface area contributed by atoms with Crippen LogP contribution in [-0.2, 0) is 21.9 Å². The Morgan fingerprint density at radius 2 is 1.03 bits per heavy atom. The van der Waals surface area contributed by atoms with Crippen LogP contribution in [0.2, 0.25) is 64.5 Å². The number of carbonyl (C=O) groups is 1. The fourth-order valence-corrected chi connectivity index (χ4v) is 24.1. The number of aliphatic hydroxyl groups excluding tert-OH is 1. The van der Waals surface area contributed by atoms with Crippen molar-refractivity contribution < 1.29 is 27.0 Å². The van der Waals surface area contributed by atoms with Crippen LogP contribution in [0.5, 0.6) is 0 Å². The molecule has 0 unspecified atom stereocenters. The van der Waals surface area contributed by atoms with Gasteiger partial charge in [-0.3, -0.25) is 0 Å². The highest BCUT2D eigenvalue weighted by Gasteiger charge is 2.43. The molecule has 0 aromatic rings. The molecule has 0 amide bonds. The number of esters is 1. The van der Waals surface area contributed by atoms with Crippen LogP contribution in [0.15, 0.2) is 12.2 Å². The fraction of sp³-hybridized carbons (Fsp3) is 0.885. The largest absolute Gasteiger partial charge is 0.462 e. The van der Waals surface area contributed by atoms with Crippen LogP contribution in [-0.4, -0.2) is 58.0 Å². The van der Waals surface area contributed by atoms with Crippen molar-refractivity contribution in [2.75, 3.05) is 13.2 Å². The Bertz CT molecular complexity index is 638. The minimum Gasteiger partial charge on any atom is -0.462 e. The van der Waals surface area contributed by atoms with E-state index >= 15 is 0 Å². The van der Waals surface area contributed by atoms with Gasteiger partial charge in [-0.05, 0) is 84.2 Å². The van der Waals surface area contributed by atoms with Gasteiger partial charge in [0.15, 0.2) is 16.6 Å². The summed E-state index contributed by atoms with van der Waals surface area (Å²) in [6.07, 6.45) is 11.9. The first-order valence-electron chi connectivity index (χ1n) is 14.0. The monoisotopic (exact) mass is 578 g/mol. The number of hydrogen-bond donors (Lipinski definition) is 1. The smallest absolute Gasteiger partial charge is 0.333 e. The molecule has 0 aromatic carbocycles.